The van der Waals surface area contributed by atoms with Gasteiger partial charge in [-0.2, -0.15) is 0 Å². The molecule has 0 amide bonds. The fraction of sp³-hybridized carbons (Fsp3) is 0.583. The molecule has 22 heavy (non-hydrogen) atoms. The molecule has 2 rings (SSSR count). The predicted octanol–water partition coefficient (Wildman–Crippen LogP) is -2.78. The third-order valence-corrected chi connectivity index (χ3v) is 3.39. The number of aliphatic carboxylic acids is 1. The van der Waals surface area contributed by atoms with E-state index >= 15 is 0 Å². The van der Waals surface area contributed by atoms with Crippen LogP contribution in [0.15, 0.2) is 21.9 Å². The summed E-state index contributed by atoms with van der Waals surface area (Å²) in [7, 11) is 0. The Hall–Kier alpha value is -2.01. The van der Waals surface area contributed by atoms with Crippen molar-refractivity contribution in [2.24, 2.45) is 0 Å². The molecule has 1 aromatic heterocycles. The molecule has 10 heteroatoms. The van der Waals surface area contributed by atoms with Crippen LogP contribution in [0.3, 0.4) is 0 Å². The largest absolute Gasteiger partial charge is 0.481 e. The highest BCUT2D eigenvalue weighted by atomic mass is 16.5. The van der Waals surface area contributed by atoms with Crippen molar-refractivity contribution in [1.29, 1.82) is 0 Å². The molecule has 1 aliphatic rings. The number of carboxylic acids is 1. The molecule has 10 nitrogen and oxygen atoms in total. The number of hydrogen-bond donors (Lipinski definition) is 5. The van der Waals surface area contributed by atoms with E-state index in [-0.39, 0.29) is 13.0 Å². The molecule has 0 radical (unpaired) electrons. The number of aliphatic hydroxyl groups is 2. The lowest BCUT2D eigenvalue weighted by molar-refractivity contribution is -0.137. The highest BCUT2D eigenvalue weighted by Gasteiger charge is 2.44. The number of H-pyrrole nitrogens is 1. The van der Waals surface area contributed by atoms with Gasteiger partial charge in [-0.15, -0.1) is 0 Å². The van der Waals surface area contributed by atoms with Crippen molar-refractivity contribution in [3.05, 3.63) is 33.1 Å². The first-order valence-corrected chi connectivity index (χ1v) is 6.65. The van der Waals surface area contributed by atoms with Gasteiger partial charge in [-0.3, -0.25) is 19.1 Å². The van der Waals surface area contributed by atoms with Gasteiger partial charge in [0.25, 0.3) is 5.56 Å². The van der Waals surface area contributed by atoms with Crippen molar-refractivity contribution in [3.63, 3.8) is 0 Å². The van der Waals surface area contributed by atoms with Crippen LogP contribution in [0.4, 0.5) is 0 Å². The van der Waals surface area contributed by atoms with Gasteiger partial charge in [-0.25, -0.2) is 4.79 Å². The molecule has 0 saturated carbocycles. The maximum Gasteiger partial charge on any atom is 0.330 e. The summed E-state index contributed by atoms with van der Waals surface area (Å²) in [4.78, 5) is 35.5. The van der Waals surface area contributed by atoms with Gasteiger partial charge in [0.2, 0.25) is 0 Å². The van der Waals surface area contributed by atoms with Gasteiger partial charge in [0.15, 0.2) is 6.23 Å². The predicted molar refractivity (Wildman–Crippen MR) is 72.4 cm³/mol. The lowest BCUT2D eigenvalue weighted by Crippen LogP contribution is -2.46. The summed E-state index contributed by atoms with van der Waals surface area (Å²) in [6, 6.07) is 0.317. The van der Waals surface area contributed by atoms with Crippen LogP contribution in [0.5, 0.6) is 0 Å². The maximum absolute atomic E-state index is 11.8. The van der Waals surface area contributed by atoms with E-state index in [1.807, 2.05) is 0 Å². The molecular formula is C12H17N3O7. The zero-order valence-electron chi connectivity index (χ0n) is 11.5. The summed E-state index contributed by atoms with van der Waals surface area (Å²) in [5, 5.41) is 30.7. The van der Waals surface area contributed by atoms with E-state index in [4.69, 9.17) is 9.84 Å². The highest BCUT2D eigenvalue weighted by molar-refractivity contribution is 5.66. The molecular weight excluding hydrogens is 298 g/mol. The first-order valence-electron chi connectivity index (χ1n) is 6.65. The fourth-order valence-electron chi connectivity index (χ4n) is 2.33. The average Bonchev–Trinajstić information content (AvgIpc) is 2.75. The Balaban J connectivity index is 2.23. The normalized spacial score (nSPS) is 27.9. The number of aromatic nitrogens is 2. The first-order chi connectivity index (χ1) is 10.4. The average molecular weight is 315 g/mol. The van der Waals surface area contributed by atoms with Crippen LogP contribution in [0.2, 0.25) is 0 Å². The summed E-state index contributed by atoms with van der Waals surface area (Å²) in [5.41, 5.74) is -1.30. The smallest absolute Gasteiger partial charge is 0.330 e. The van der Waals surface area contributed by atoms with Crippen LogP contribution in [0, 0.1) is 0 Å². The summed E-state index contributed by atoms with van der Waals surface area (Å²) in [5.74, 6) is -1.02. The first kappa shape index (κ1) is 16.4. The second kappa shape index (κ2) is 6.83. The minimum Gasteiger partial charge on any atom is -0.481 e. The number of aliphatic hydroxyl groups excluding tert-OH is 2. The molecule has 5 N–H and O–H groups in total. The molecule has 1 aliphatic heterocycles. The van der Waals surface area contributed by atoms with E-state index in [0.29, 0.717) is 0 Å². The van der Waals surface area contributed by atoms with Crippen LogP contribution in [0.25, 0.3) is 0 Å². The topological polar surface area (TPSA) is 154 Å². The number of nitrogens with zero attached hydrogens (tertiary/aromatic N) is 1. The Morgan fingerprint density at radius 2 is 2.18 bits per heavy atom. The number of hydrogen-bond acceptors (Lipinski definition) is 7. The lowest BCUT2D eigenvalue weighted by atomic mass is 10.1. The van der Waals surface area contributed by atoms with E-state index in [1.54, 1.807) is 0 Å². The van der Waals surface area contributed by atoms with Gasteiger partial charge < -0.3 is 25.4 Å². The van der Waals surface area contributed by atoms with Crippen molar-refractivity contribution >= 4 is 5.97 Å². The van der Waals surface area contributed by atoms with Crippen molar-refractivity contribution in [2.45, 2.75) is 30.9 Å². The van der Waals surface area contributed by atoms with Crippen molar-refractivity contribution < 1.29 is 24.9 Å². The van der Waals surface area contributed by atoms with Crippen molar-refractivity contribution in [2.75, 3.05) is 13.2 Å². The second-order valence-electron chi connectivity index (χ2n) is 4.88. The van der Waals surface area contributed by atoms with Gasteiger partial charge in [-0.1, -0.05) is 0 Å². The minimum atomic E-state index is -1.14. The Kier molecular flexibility index (Phi) is 5.08. The van der Waals surface area contributed by atoms with Gasteiger partial charge >= 0.3 is 11.7 Å². The number of ether oxygens (including phenoxy) is 1. The molecule has 0 aliphatic carbocycles. The molecule has 0 unspecified atom stereocenters. The zero-order chi connectivity index (χ0) is 16.3. The molecule has 0 spiro atoms. The highest BCUT2D eigenvalue weighted by Crippen LogP contribution is 2.28. The molecule has 0 aromatic carbocycles. The summed E-state index contributed by atoms with van der Waals surface area (Å²) >= 11 is 0. The van der Waals surface area contributed by atoms with Crippen molar-refractivity contribution in [1.82, 2.24) is 14.9 Å². The van der Waals surface area contributed by atoms with E-state index in [1.165, 1.54) is 6.20 Å². The van der Waals surface area contributed by atoms with Gasteiger partial charge in [0.05, 0.1) is 19.1 Å². The number of carbonyl (C=O) groups is 1. The van der Waals surface area contributed by atoms with Crippen LogP contribution in [0.1, 0.15) is 12.6 Å². The molecule has 4 atom stereocenters. The number of aromatic amines is 1. The Bertz CT molecular complexity index is 640. The summed E-state index contributed by atoms with van der Waals surface area (Å²) in [6.07, 6.45) is -2.01. The molecule has 1 aromatic rings. The minimum absolute atomic E-state index is 0.0488. The quantitative estimate of drug-likeness (QED) is 0.378. The van der Waals surface area contributed by atoms with E-state index in [9.17, 15) is 24.6 Å². The molecule has 1 fully saturated rings. The summed E-state index contributed by atoms with van der Waals surface area (Å²) < 4.78 is 6.50. The second-order valence-corrected chi connectivity index (χ2v) is 4.88. The monoisotopic (exact) mass is 315 g/mol. The van der Waals surface area contributed by atoms with Crippen LogP contribution in [-0.2, 0) is 9.53 Å². The van der Waals surface area contributed by atoms with Gasteiger partial charge in [0.1, 0.15) is 12.2 Å². The number of nitrogens with one attached hydrogen (secondary N) is 2. The number of rotatable bonds is 6. The van der Waals surface area contributed by atoms with Crippen molar-refractivity contribution in [3.8, 4) is 0 Å². The van der Waals surface area contributed by atoms with Gasteiger partial charge in [-0.05, 0) is 0 Å². The van der Waals surface area contributed by atoms with Crippen LogP contribution in [-0.4, -0.2) is 62.2 Å². The lowest BCUT2D eigenvalue weighted by Gasteiger charge is -2.22. The molecule has 0 bridgehead atoms. The Morgan fingerprint density at radius 3 is 2.77 bits per heavy atom. The summed E-state index contributed by atoms with van der Waals surface area (Å²) in [6.45, 7) is -0.417. The molecule has 122 valence electrons. The van der Waals surface area contributed by atoms with E-state index in [0.717, 1.165) is 10.6 Å². The molecule has 1 saturated heterocycles. The Morgan fingerprint density at radius 1 is 1.45 bits per heavy atom. The van der Waals surface area contributed by atoms with Crippen LogP contribution < -0.4 is 16.6 Å². The van der Waals surface area contributed by atoms with E-state index in [2.05, 4.69) is 10.3 Å². The van der Waals surface area contributed by atoms with Gasteiger partial charge in [0, 0.05) is 18.8 Å². The third-order valence-electron chi connectivity index (χ3n) is 3.39. The Labute approximate surface area is 124 Å². The maximum atomic E-state index is 11.8. The standard InChI is InChI=1S/C12H17N3O7/c16-5-6-10(20)9(13-3-1-8(18)19)11(22-6)15-4-2-7(17)14-12(15)21/h2,4,6,9-11,13,16,20H,1,3,5H2,(H,18,19)(H,14,17,21)/t6-,9-,10-,11-/m1/s1. The third kappa shape index (κ3) is 3.42. The SMILES string of the molecule is O=C(O)CCN[C@@H]1[C@H](O)[C@@H](CO)O[C@H]1n1ccc(=O)[nH]c1=O. The van der Waals surface area contributed by atoms with Crippen LogP contribution >= 0.6 is 0 Å². The fourth-order valence-corrected chi connectivity index (χ4v) is 2.33. The molecule has 2 heterocycles. The number of carboxylic acid groups (broad SMARTS) is 1. The zero-order valence-corrected chi connectivity index (χ0v) is 11.5. The van der Waals surface area contributed by atoms with E-state index < -0.39 is 48.3 Å².